The van der Waals surface area contributed by atoms with E-state index in [1.165, 1.54) is 23.7 Å². The van der Waals surface area contributed by atoms with Gasteiger partial charge in [-0.2, -0.15) is 4.99 Å². The second-order valence-corrected chi connectivity index (χ2v) is 6.37. The second kappa shape index (κ2) is 9.41. The van der Waals surface area contributed by atoms with Crippen LogP contribution in [0.25, 0.3) is 0 Å². The Kier molecular flexibility index (Phi) is 7.88. The lowest BCUT2D eigenvalue weighted by molar-refractivity contribution is -0.132. The first-order valence-electron chi connectivity index (χ1n) is 7.60. The SMILES string of the molecule is CCC(C)c1ccccc1.CCSC1=NC(=O)C(C)C(=O)N1. The normalized spacial score (nSPS) is 18.7. The molecule has 1 aliphatic heterocycles. The Hall–Kier alpha value is -1.62. The third kappa shape index (κ3) is 5.64. The predicted octanol–water partition coefficient (Wildman–Crippen LogP) is 3.59. The molecule has 1 aliphatic rings. The summed E-state index contributed by atoms with van der Waals surface area (Å²) in [7, 11) is 0. The van der Waals surface area contributed by atoms with Crippen LogP contribution < -0.4 is 5.32 Å². The molecule has 0 fully saturated rings. The van der Waals surface area contributed by atoms with Crippen molar-refractivity contribution in [1.29, 1.82) is 0 Å². The molecule has 1 heterocycles. The Bertz CT molecular complexity index is 529. The van der Waals surface area contributed by atoms with Crippen LogP contribution in [0.5, 0.6) is 0 Å². The highest BCUT2D eigenvalue weighted by Gasteiger charge is 2.27. The molecule has 0 aromatic heterocycles. The summed E-state index contributed by atoms with van der Waals surface area (Å²) in [6.07, 6.45) is 1.23. The molecule has 120 valence electrons. The highest BCUT2D eigenvalue weighted by Crippen LogP contribution is 2.16. The lowest BCUT2D eigenvalue weighted by Crippen LogP contribution is -2.41. The van der Waals surface area contributed by atoms with Crippen molar-refractivity contribution in [3.05, 3.63) is 35.9 Å². The summed E-state index contributed by atoms with van der Waals surface area (Å²) in [6.45, 7) is 7.96. The van der Waals surface area contributed by atoms with Gasteiger partial charge in [-0.1, -0.05) is 62.9 Å². The van der Waals surface area contributed by atoms with Gasteiger partial charge >= 0.3 is 0 Å². The standard InChI is InChI=1S/C10H14.C7H10N2O2S/c1-3-9(2)10-7-5-4-6-8-10;1-3-12-7-8-5(10)4(2)6(11)9-7/h4-9H,3H2,1-2H3;4H,3H2,1-2H3,(H,8,9,10,11). The van der Waals surface area contributed by atoms with Crippen molar-refractivity contribution >= 4 is 28.7 Å². The van der Waals surface area contributed by atoms with E-state index >= 15 is 0 Å². The van der Waals surface area contributed by atoms with Gasteiger partial charge in [0, 0.05) is 0 Å². The predicted molar refractivity (Wildman–Crippen MR) is 93.0 cm³/mol. The van der Waals surface area contributed by atoms with E-state index in [1.54, 1.807) is 6.92 Å². The summed E-state index contributed by atoms with van der Waals surface area (Å²) in [4.78, 5) is 25.8. The minimum absolute atomic E-state index is 0.258. The molecule has 0 saturated heterocycles. The van der Waals surface area contributed by atoms with Gasteiger partial charge in [-0.15, -0.1) is 0 Å². The summed E-state index contributed by atoms with van der Waals surface area (Å²) >= 11 is 1.36. The zero-order valence-electron chi connectivity index (χ0n) is 13.6. The minimum Gasteiger partial charge on any atom is -0.304 e. The van der Waals surface area contributed by atoms with Crippen molar-refractivity contribution in [2.45, 2.75) is 40.0 Å². The van der Waals surface area contributed by atoms with Crippen LogP contribution in [-0.4, -0.2) is 22.7 Å². The van der Waals surface area contributed by atoms with Crippen LogP contribution in [-0.2, 0) is 9.59 Å². The first-order chi connectivity index (χ1) is 10.5. The molecule has 4 nitrogen and oxygen atoms in total. The molecule has 0 radical (unpaired) electrons. The Morgan fingerprint density at radius 2 is 1.86 bits per heavy atom. The summed E-state index contributed by atoms with van der Waals surface area (Å²) in [5.74, 6) is 0.258. The number of nitrogens with zero attached hydrogens (tertiary/aromatic N) is 1. The number of rotatable bonds is 3. The van der Waals surface area contributed by atoms with Gasteiger partial charge in [0.15, 0.2) is 5.17 Å². The maximum Gasteiger partial charge on any atom is 0.260 e. The fourth-order valence-electron chi connectivity index (χ4n) is 1.77. The number of aliphatic imine (C=N–C) groups is 1. The fourth-order valence-corrected chi connectivity index (χ4v) is 2.37. The van der Waals surface area contributed by atoms with Crippen LogP contribution in [0.1, 0.15) is 45.6 Å². The maximum atomic E-state index is 11.1. The molecular formula is C17H24N2O2S. The number of amides is 2. The largest absolute Gasteiger partial charge is 0.304 e. The maximum absolute atomic E-state index is 11.1. The highest BCUT2D eigenvalue weighted by atomic mass is 32.2. The molecule has 2 rings (SSSR count). The average molecular weight is 320 g/mol. The topological polar surface area (TPSA) is 58.5 Å². The molecule has 0 saturated carbocycles. The first kappa shape index (κ1) is 18.4. The quantitative estimate of drug-likeness (QED) is 0.866. The molecule has 2 atom stereocenters. The van der Waals surface area contributed by atoms with E-state index in [0.29, 0.717) is 11.1 Å². The van der Waals surface area contributed by atoms with Crippen molar-refractivity contribution in [3.63, 3.8) is 0 Å². The summed E-state index contributed by atoms with van der Waals surface area (Å²) in [6, 6.07) is 10.6. The average Bonchev–Trinajstić information content (AvgIpc) is 2.53. The number of benzene rings is 1. The van der Waals surface area contributed by atoms with Gasteiger partial charge in [-0.3, -0.25) is 9.59 Å². The van der Waals surface area contributed by atoms with E-state index in [2.05, 4.69) is 54.5 Å². The van der Waals surface area contributed by atoms with Gasteiger partial charge in [0.2, 0.25) is 5.91 Å². The van der Waals surface area contributed by atoms with Gasteiger partial charge in [-0.25, -0.2) is 0 Å². The number of carbonyl (C=O) groups is 2. The van der Waals surface area contributed by atoms with Crippen LogP contribution in [0.2, 0.25) is 0 Å². The van der Waals surface area contributed by atoms with Crippen LogP contribution >= 0.6 is 11.8 Å². The Labute approximate surface area is 136 Å². The molecule has 22 heavy (non-hydrogen) atoms. The molecular weight excluding hydrogens is 296 g/mol. The monoisotopic (exact) mass is 320 g/mol. The van der Waals surface area contributed by atoms with Crippen LogP contribution in [0.3, 0.4) is 0 Å². The number of hydrogen-bond donors (Lipinski definition) is 1. The van der Waals surface area contributed by atoms with Crippen molar-refractivity contribution < 1.29 is 9.59 Å². The molecule has 0 spiro atoms. The minimum atomic E-state index is -0.633. The summed E-state index contributed by atoms with van der Waals surface area (Å²) < 4.78 is 0. The summed E-state index contributed by atoms with van der Waals surface area (Å²) in [5, 5.41) is 2.97. The Morgan fingerprint density at radius 1 is 1.23 bits per heavy atom. The van der Waals surface area contributed by atoms with E-state index in [9.17, 15) is 9.59 Å². The Balaban J connectivity index is 0.000000224. The number of hydrogen-bond acceptors (Lipinski definition) is 3. The van der Waals surface area contributed by atoms with Crippen LogP contribution in [0.15, 0.2) is 35.3 Å². The van der Waals surface area contributed by atoms with Gasteiger partial charge in [0.05, 0.1) is 0 Å². The number of amidine groups is 1. The van der Waals surface area contributed by atoms with Crippen molar-refractivity contribution in [3.8, 4) is 0 Å². The molecule has 1 N–H and O–H groups in total. The van der Waals surface area contributed by atoms with Crippen LogP contribution in [0, 0.1) is 5.92 Å². The van der Waals surface area contributed by atoms with Gasteiger partial charge in [0.1, 0.15) is 5.92 Å². The number of nitrogens with one attached hydrogen (secondary N) is 1. The molecule has 1 aromatic rings. The number of thioether (sulfide) groups is 1. The summed E-state index contributed by atoms with van der Waals surface area (Å²) in [5.41, 5.74) is 1.45. The first-order valence-corrected chi connectivity index (χ1v) is 8.59. The highest BCUT2D eigenvalue weighted by molar-refractivity contribution is 8.13. The fraction of sp³-hybridized carbons (Fsp3) is 0.471. The van der Waals surface area contributed by atoms with Crippen molar-refractivity contribution in [2.24, 2.45) is 10.9 Å². The second-order valence-electron chi connectivity index (χ2n) is 5.12. The molecule has 1 aromatic carbocycles. The zero-order valence-corrected chi connectivity index (χ0v) is 14.4. The van der Waals surface area contributed by atoms with Gasteiger partial charge < -0.3 is 5.32 Å². The molecule has 5 heteroatoms. The lowest BCUT2D eigenvalue weighted by Gasteiger charge is -2.15. The Morgan fingerprint density at radius 3 is 2.36 bits per heavy atom. The molecule has 2 amide bonds. The van der Waals surface area contributed by atoms with E-state index < -0.39 is 5.92 Å². The van der Waals surface area contributed by atoms with Gasteiger partial charge in [0.25, 0.3) is 5.91 Å². The van der Waals surface area contributed by atoms with E-state index in [4.69, 9.17) is 0 Å². The van der Waals surface area contributed by atoms with Gasteiger partial charge in [-0.05, 0) is 30.6 Å². The molecule has 0 aliphatic carbocycles. The van der Waals surface area contributed by atoms with Crippen molar-refractivity contribution in [2.75, 3.05) is 5.75 Å². The zero-order chi connectivity index (χ0) is 16.5. The van der Waals surface area contributed by atoms with E-state index in [0.717, 1.165) is 5.75 Å². The smallest absolute Gasteiger partial charge is 0.260 e. The van der Waals surface area contributed by atoms with E-state index in [-0.39, 0.29) is 11.8 Å². The molecule has 0 bridgehead atoms. The lowest BCUT2D eigenvalue weighted by atomic mass is 9.99. The third-order valence-corrected chi connectivity index (χ3v) is 4.22. The van der Waals surface area contributed by atoms with Crippen LogP contribution in [0.4, 0.5) is 0 Å². The van der Waals surface area contributed by atoms with Crippen molar-refractivity contribution in [1.82, 2.24) is 5.32 Å². The van der Waals surface area contributed by atoms with E-state index in [1.807, 2.05) is 6.92 Å². The number of carbonyl (C=O) groups excluding carboxylic acids is 2. The molecule has 2 unspecified atom stereocenters. The third-order valence-electron chi connectivity index (χ3n) is 3.47.